The van der Waals surface area contributed by atoms with Gasteiger partial charge in [-0.3, -0.25) is 10.2 Å². The van der Waals surface area contributed by atoms with E-state index < -0.39 is 6.10 Å². The Labute approximate surface area is 181 Å². The topological polar surface area (TPSA) is 104 Å². The molecule has 1 aliphatic carbocycles. The first-order chi connectivity index (χ1) is 15.2. The second kappa shape index (κ2) is 8.58. The molecule has 0 saturated heterocycles. The van der Waals surface area contributed by atoms with E-state index in [4.69, 9.17) is 9.72 Å². The van der Waals surface area contributed by atoms with Crippen molar-refractivity contribution in [3.8, 4) is 0 Å². The zero-order valence-electron chi connectivity index (χ0n) is 17.6. The van der Waals surface area contributed by atoms with Crippen LogP contribution in [0.5, 0.6) is 0 Å². The van der Waals surface area contributed by atoms with Crippen molar-refractivity contribution >= 4 is 11.9 Å². The van der Waals surface area contributed by atoms with Gasteiger partial charge in [-0.15, -0.1) is 0 Å². The van der Waals surface area contributed by atoms with Crippen LogP contribution < -0.4 is 10.7 Å². The van der Waals surface area contributed by atoms with E-state index in [2.05, 4.69) is 50.3 Å². The smallest absolute Gasteiger partial charge is 0.252 e. The minimum absolute atomic E-state index is 0.0208. The summed E-state index contributed by atoms with van der Waals surface area (Å²) in [6.45, 7) is 3.98. The lowest BCUT2D eigenvalue weighted by molar-refractivity contribution is -0.143. The predicted molar refractivity (Wildman–Crippen MR) is 114 cm³/mol. The van der Waals surface area contributed by atoms with Gasteiger partial charge in [0.15, 0.2) is 0 Å². The molecule has 9 nitrogen and oxygen atoms in total. The number of carbonyl (C=O) groups excluding carboxylic acids is 1. The van der Waals surface area contributed by atoms with Crippen molar-refractivity contribution < 1.29 is 9.53 Å². The molecule has 0 saturated carbocycles. The van der Waals surface area contributed by atoms with Gasteiger partial charge in [-0.2, -0.15) is 5.11 Å². The number of anilines is 1. The first-order valence-electron chi connectivity index (χ1n) is 10.9. The molecule has 2 aromatic rings. The quantitative estimate of drug-likeness (QED) is 0.709. The molecule has 2 atom stereocenters. The highest BCUT2D eigenvalue weighted by Gasteiger charge is 2.29. The number of ether oxygens (including phenoxy) is 1. The number of fused-ring (bicyclic) bond motifs is 2. The van der Waals surface area contributed by atoms with E-state index in [1.165, 1.54) is 11.1 Å². The lowest BCUT2D eigenvalue weighted by atomic mass is 10.1. The summed E-state index contributed by atoms with van der Waals surface area (Å²) in [4.78, 5) is 23.8. The van der Waals surface area contributed by atoms with Crippen LogP contribution in [-0.2, 0) is 35.5 Å². The van der Waals surface area contributed by atoms with E-state index in [0.717, 1.165) is 30.5 Å². The largest absolute Gasteiger partial charge is 0.369 e. The molecule has 0 radical (unpaired) electrons. The number of hydrogen-bond donors (Lipinski definition) is 2. The Kier molecular flexibility index (Phi) is 5.50. The Hall–Kier alpha value is -3.07. The summed E-state index contributed by atoms with van der Waals surface area (Å²) in [6.07, 6.45) is 4.08. The molecule has 162 valence electrons. The SMILES string of the molecule is C[C@@H](OCCC1CN=NN1)C(=O)N1Cc2cnc(NC3Cc4ccccc4C3)nc2C1. The lowest BCUT2D eigenvalue weighted by Gasteiger charge is -2.20. The van der Waals surface area contributed by atoms with Crippen LogP contribution in [0.2, 0.25) is 0 Å². The summed E-state index contributed by atoms with van der Waals surface area (Å²) in [5, 5.41) is 11.1. The monoisotopic (exact) mass is 421 g/mol. The molecule has 5 rings (SSSR count). The van der Waals surface area contributed by atoms with Gasteiger partial charge in [-0.05, 0) is 37.3 Å². The van der Waals surface area contributed by atoms with E-state index in [1.807, 2.05) is 6.20 Å². The number of benzene rings is 1. The Morgan fingerprint density at radius 2 is 2.06 bits per heavy atom. The fraction of sp³-hybridized carbons (Fsp3) is 0.500. The number of nitrogens with one attached hydrogen (secondary N) is 2. The van der Waals surface area contributed by atoms with E-state index >= 15 is 0 Å². The molecule has 0 bridgehead atoms. The molecule has 0 fully saturated rings. The third kappa shape index (κ3) is 4.36. The number of nitrogens with zero attached hydrogens (tertiary/aromatic N) is 5. The van der Waals surface area contributed by atoms with Gasteiger partial charge < -0.3 is 15.0 Å². The van der Waals surface area contributed by atoms with Crippen LogP contribution in [0.1, 0.15) is 35.7 Å². The normalized spacial score (nSPS) is 20.4. The van der Waals surface area contributed by atoms with Crippen LogP contribution >= 0.6 is 0 Å². The van der Waals surface area contributed by atoms with Crippen LogP contribution in [-0.4, -0.2) is 52.1 Å². The summed E-state index contributed by atoms with van der Waals surface area (Å²) in [5.41, 5.74) is 7.61. The molecule has 1 amide bonds. The van der Waals surface area contributed by atoms with Crippen LogP contribution in [0, 0.1) is 0 Å². The summed E-state index contributed by atoms with van der Waals surface area (Å²) in [7, 11) is 0. The van der Waals surface area contributed by atoms with E-state index in [0.29, 0.717) is 38.2 Å². The molecule has 3 aliphatic rings. The van der Waals surface area contributed by atoms with Crippen molar-refractivity contribution in [2.75, 3.05) is 18.5 Å². The highest BCUT2D eigenvalue weighted by Crippen LogP contribution is 2.26. The fourth-order valence-corrected chi connectivity index (χ4v) is 4.40. The maximum atomic E-state index is 12.8. The minimum Gasteiger partial charge on any atom is -0.369 e. The number of hydrogen-bond acceptors (Lipinski definition) is 8. The Morgan fingerprint density at radius 3 is 2.81 bits per heavy atom. The molecule has 2 N–H and O–H groups in total. The highest BCUT2D eigenvalue weighted by molar-refractivity contribution is 5.81. The molecular formula is C22H27N7O2. The van der Waals surface area contributed by atoms with Gasteiger partial charge in [0.2, 0.25) is 5.95 Å². The van der Waals surface area contributed by atoms with E-state index in [-0.39, 0.29) is 11.9 Å². The van der Waals surface area contributed by atoms with Crippen molar-refractivity contribution in [2.24, 2.45) is 10.3 Å². The molecule has 9 heteroatoms. The number of rotatable bonds is 7. The standard InChI is InChI=1S/C22H27N7O2/c1-14(31-7-6-18-11-24-28-27-18)21(30)29-12-17-10-23-22(26-20(17)13-29)25-19-8-15-4-2-3-5-16(15)9-19/h2-5,10,14,18-19H,6-9,11-13H2,1H3,(H,24,27)(H,23,25,26)/t14-,18?/m1/s1. The number of carbonyl (C=O) groups is 1. The lowest BCUT2D eigenvalue weighted by Crippen LogP contribution is -2.36. The van der Waals surface area contributed by atoms with Crippen LogP contribution in [0.4, 0.5) is 5.95 Å². The summed E-state index contributed by atoms with van der Waals surface area (Å²) < 4.78 is 5.76. The predicted octanol–water partition coefficient (Wildman–Crippen LogP) is 2.03. The van der Waals surface area contributed by atoms with Crippen molar-refractivity contribution in [3.63, 3.8) is 0 Å². The molecule has 1 unspecified atom stereocenters. The molecule has 0 spiro atoms. The highest BCUT2D eigenvalue weighted by atomic mass is 16.5. The second-order valence-corrected chi connectivity index (χ2v) is 8.43. The maximum absolute atomic E-state index is 12.8. The minimum atomic E-state index is -0.493. The van der Waals surface area contributed by atoms with Crippen molar-refractivity contribution in [1.29, 1.82) is 0 Å². The molecule has 1 aromatic heterocycles. The number of aromatic nitrogens is 2. The Bertz CT molecular complexity index is 963. The molecule has 2 aliphatic heterocycles. The van der Waals surface area contributed by atoms with Gasteiger partial charge >= 0.3 is 0 Å². The zero-order valence-corrected chi connectivity index (χ0v) is 17.6. The van der Waals surface area contributed by atoms with Gasteiger partial charge in [0.25, 0.3) is 5.91 Å². The average Bonchev–Trinajstić information content (AvgIpc) is 3.51. The molecule has 31 heavy (non-hydrogen) atoms. The fourth-order valence-electron chi connectivity index (χ4n) is 4.40. The van der Waals surface area contributed by atoms with Gasteiger partial charge in [0.1, 0.15) is 6.10 Å². The summed E-state index contributed by atoms with van der Waals surface area (Å²) >= 11 is 0. The molecule has 3 heterocycles. The van der Waals surface area contributed by atoms with Crippen molar-refractivity contribution in [2.45, 2.75) is 57.5 Å². The number of amides is 1. The Morgan fingerprint density at radius 1 is 1.26 bits per heavy atom. The Balaban J connectivity index is 1.13. The van der Waals surface area contributed by atoms with Crippen molar-refractivity contribution in [1.82, 2.24) is 20.3 Å². The van der Waals surface area contributed by atoms with Crippen LogP contribution in [0.3, 0.4) is 0 Å². The van der Waals surface area contributed by atoms with Gasteiger partial charge in [-0.1, -0.05) is 29.5 Å². The summed E-state index contributed by atoms with van der Waals surface area (Å²) in [5.74, 6) is 0.613. The second-order valence-electron chi connectivity index (χ2n) is 8.43. The molecule has 1 aromatic carbocycles. The van der Waals surface area contributed by atoms with Gasteiger partial charge in [0.05, 0.1) is 24.8 Å². The maximum Gasteiger partial charge on any atom is 0.252 e. The third-order valence-electron chi connectivity index (χ3n) is 6.15. The van der Waals surface area contributed by atoms with E-state index in [9.17, 15) is 4.79 Å². The van der Waals surface area contributed by atoms with E-state index in [1.54, 1.807) is 11.8 Å². The average molecular weight is 422 g/mol. The van der Waals surface area contributed by atoms with Gasteiger partial charge in [0, 0.05) is 31.0 Å². The van der Waals surface area contributed by atoms with Crippen LogP contribution in [0.25, 0.3) is 0 Å². The van der Waals surface area contributed by atoms with Gasteiger partial charge in [-0.25, -0.2) is 9.97 Å². The first kappa shape index (κ1) is 19.9. The first-order valence-corrected chi connectivity index (χ1v) is 10.9. The van der Waals surface area contributed by atoms with Crippen molar-refractivity contribution in [3.05, 3.63) is 52.8 Å². The zero-order chi connectivity index (χ0) is 21.2. The van der Waals surface area contributed by atoms with Crippen LogP contribution in [0.15, 0.2) is 40.8 Å². The third-order valence-corrected chi connectivity index (χ3v) is 6.15. The molecular weight excluding hydrogens is 394 g/mol. The summed E-state index contributed by atoms with van der Waals surface area (Å²) in [6, 6.07) is 9.04.